The van der Waals surface area contributed by atoms with Gasteiger partial charge in [0.25, 0.3) is 0 Å². The zero-order valence-electron chi connectivity index (χ0n) is 12.1. The fourth-order valence-corrected chi connectivity index (χ4v) is 3.48. The number of likely N-dealkylation sites (N-methyl/N-ethyl adjacent to an activating group) is 1. The largest absolute Gasteiger partial charge is 0.353 e. The lowest BCUT2D eigenvalue weighted by Gasteiger charge is -2.21. The molecule has 0 heterocycles. The van der Waals surface area contributed by atoms with Crippen molar-refractivity contribution in [1.29, 1.82) is 0 Å². The van der Waals surface area contributed by atoms with Crippen LogP contribution in [0.4, 0.5) is 0 Å². The van der Waals surface area contributed by atoms with Crippen molar-refractivity contribution >= 4 is 39.1 Å². The smallest absolute Gasteiger partial charge is 0.243 e. The molecule has 5 nitrogen and oxygen atoms in total. The summed E-state index contributed by atoms with van der Waals surface area (Å²) >= 11 is 11.6. The van der Waals surface area contributed by atoms with Gasteiger partial charge in [-0.3, -0.25) is 4.79 Å². The van der Waals surface area contributed by atoms with Gasteiger partial charge in [-0.15, -0.1) is 0 Å². The molecule has 0 saturated carbocycles. The molecule has 0 fully saturated rings. The highest BCUT2D eigenvalue weighted by atomic mass is 35.5. The van der Waals surface area contributed by atoms with Crippen LogP contribution in [-0.4, -0.2) is 37.8 Å². The van der Waals surface area contributed by atoms with E-state index in [9.17, 15) is 13.2 Å². The number of hydrogen-bond acceptors (Lipinski definition) is 3. The molecule has 8 heteroatoms. The van der Waals surface area contributed by atoms with E-state index in [1.807, 2.05) is 13.8 Å². The molecular weight excluding hydrogens is 335 g/mol. The van der Waals surface area contributed by atoms with Gasteiger partial charge in [-0.25, -0.2) is 8.42 Å². The fourth-order valence-electron chi connectivity index (χ4n) is 1.68. The van der Waals surface area contributed by atoms with Crippen molar-refractivity contribution in [2.24, 2.45) is 0 Å². The molecule has 0 atom stereocenters. The average molecular weight is 353 g/mol. The van der Waals surface area contributed by atoms with Crippen molar-refractivity contribution < 1.29 is 13.2 Å². The molecule has 0 aromatic heterocycles. The van der Waals surface area contributed by atoms with E-state index in [0.29, 0.717) is 0 Å². The SMILES string of the molecule is CCN(CC(=O)NC(C)C)S(=O)(=O)c1ccc(Cl)c(Cl)c1. The van der Waals surface area contributed by atoms with Crippen LogP contribution >= 0.6 is 23.2 Å². The maximum atomic E-state index is 12.5. The van der Waals surface area contributed by atoms with Crippen LogP contribution in [-0.2, 0) is 14.8 Å². The Hall–Kier alpha value is -0.820. The second kappa shape index (κ2) is 7.45. The molecule has 1 rings (SSSR count). The Morgan fingerprint density at radius 2 is 1.90 bits per heavy atom. The average Bonchev–Trinajstić information content (AvgIpc) is 2.37. The summed E-state index contributed by atoms with van der Waals surface area (Å²) in [4.78, 5) is 11.8. The van der Waals surface area contributed by atoms with Gasteiger partial charge in [0, 0.05) is 12.6 Å². The molecule has 1 aromatic rings. The van der Waals surface area contributed by atoms with E-state index >= 15 is 0 Å². The molecule has 0 aliphatic rings. The number of carbonyl (C=O) groups excluding carboxylic acids is 1. The third kappa shape index (κ3) is 4.85. The van der Waals surface area contributed by atoms with Crippen LogP contribution < -0.4 is 5.32 Å². The Morgan fingerprint density at radius 3 is 2.38 bits per heavy atom. The minimum Gasteiger partial charge on any atom is -0.353 e. The zero-order chi connectivity index (χ0) is 16.2. The van der Waals surface area contributed by atoms with Gasteiger partial charge in [0.15, 0.2) is 0 Å². The van der Waals surface area contributed by atoms with Gasteiger partial charge < -0.3 is 5.32 Å². The molecule has 0 aliphatic carbocycles. The molecule has 1 amide bonds. The highest BCUT2D eigenvalue weighted by Crippen LogP contribution is 2.26. The second-order valence-corrected chi connectivity index (χ2v) is 7.48. The van der Waals surface area contributed by atoms with Gasteiger partial charge in [0.05, 0.1) is 21.5 Å². The number of hydrogen-bond donors (Lipinski definition) is 1. The maximum Gasteiger partial charge on any atom is 0.243 e. The molecule has 21 heavy (non-hydrogen) atoms. The van der Waals surface area contributed by atoms with Crippen LogP contribution in [0.5, 0.6) is 0 Å². The molecule has 0 aliphatic heterocycles. The molecule has 0 unspecified atom stereocenters. The highest BCUT2D eigenvalue weighted by Gasteiger charge is 2.26. The minimum atomic E-state index is -3.79. The van der Waals surface area contributed by atoms with E-state index in [-0.39, 0.29) is 40.0 Å². The van der Waals surface area contributed by atoms with Gasteiger partial charge in [0.1, 0.15) is 0 Å². The van der Waals surface area contributed by atoms with Crippen LogP contribution in [0.3, 0.4) is 0 Å². The standard InChI is InChI=1S/C13H18Cl2N2O3S/c1-4-17(8-13(18)16-9(2)3)21(19,20)10-5-6-11(14)12(15)7-10/h5-7,9H,4,8H2,1-3H3,(H,16,18). The summed E-state index contributed by atoms with van der Waals surface area (Å²) < 4.78 is 26.1. The Kier molecular flexibility index (Phi) is 6.46. The fraction of sp³-hybridized carbons (Fsp3) is 0.462. The first-order chi connectivity index (χ1) is 9.68. The van der Waals surface area contributed by atoms with Crippen molar-refractivity contribution in [2.75, 3.05) is 13.1 Å². The van der Waals surface area contributed by atoms with Crippen molar-refractivity contribution in [3.63, 3.8) is 0 Å². The molecule has 118 valence electrons. The lowest BCUT2D eigenvalue weighted by molar-refractivity contribution is -0.121. The maximum absolute atomic E-state index is 12.5. The second-order valence-electron chi connectivity index (χ2n) is 4.73. The first kappa shape index (κ1) is 18.2. The molecule has 0 radical (unpaired) electrons. The predicted molar refractivity (Wildman–Crippen MR) is 84.2 cm³/mol. The lowest BCUT2D eigenvalue weighted by atomic mass is 10.4. The van der Waals surface area contributed by atoms with Crippen molar-refractivity contribution in [3.05, 3.63) is 28.2 Å². The summed E-state index contributed by atoms with van der Waals surface area (Å²) in [6.45, 7) is 5.21. The van der Waals surface area contributed by atoms with Crippen molar-refractivity contribution in [3.8, 4) is 0 Å². The molecule has 0 saturated heterocycles. The van der Waals surface area contributed by atoms with Gasteiger partial charge >= 0.3 is 0 Å². The summed E-state index contributed by atoms with van der Waals surface area (Å²) in [5, 5.41) is 3.09. The van der Waals surface area contributed by atoms with Crippen LogP contribution in [0.25, 0.3) is 0 Å². The molecule has 0 bridgehead atoms. The van der Waals surface area contributed by atoms with Crippen molar-refractivity contribution in [2.45, 2.75) is 31.7 Å². The van der Waals surface area contributed by atoms with E-state index in [1.54, 1.807) is 6.92 Å². The first-order valence-electron chi connectivity index (χ1n) is 6.43. The van der Waals surface area contributed by atoms with Crippen LogP contribution in [0, 0.1) is 0 Å². The number of carbonyl (C=O) groups is 1. The number of amides is 1. The van der Waals surface area contributed by atoms with E-state index in [4.69, 9.17) is 23.2 Å². The monoisotopic (exact) mass is 352 g/mol. The summed E-state index contributed by atoms with van der Waals surface area (Å²) in [6.07, 6.45) is 0. The van der Waals surface area contributed by atoms with E-state index in [0.717, 1.165) is 4.31 Å². The number of nitrogens with zero attached hydrogens (tertiary/aromatic N) is 1. The Bertz CT molecular complexity index is 618. The normalized spacial score (nSPS) is 12.0. The summed E-state index contributed by atoms with van der Waals surface area (Å²) in [7, 11) is -3.79. The van der Waals surface area contributed by atoms with Crippen molar-refractivity contribution in [1.82, 2.24) is 9.62 Å². The zero-order valence-corrected chi connectivity index (χ0v) is 14.4. The predicted octanol–water partition coefficient (Wildman–Crippen LogP) is 2.53. The van der Waals surface area contributed by atoms with E-state index in [1.165, 1.54) is 18.2 Å². The Balaban J connectivity index is 3.02. The third-order valence-electron chi connectivity index (χ3n) is 2.65. The number of benzene rings is 1. The number of halogens is 2. The van der Waals surface area contributed by atoms with Gasteiger partial charge in [-0.05, 0) is 32.0 Å². The number of rotatable bonds is 6. The quantitative estimate of drug-likeness (QED) is 0.855. The molecular formula is C13H18Cl2N2O3S. The van der Waals surface area contributed by atoms with Crippen LogP contribution in [0.15, 0.2) is 23.1 Å². The number of sulfonamides is 1. The van der Waals surface area contributed by atoms with E-state index < -0.39 is 10.0 Å². The van der Waals surface area contributed by atoms with Gasteiger partial charge in [-0.2, -0.15) is 4.31 Å². The van der Waals surface area contributed by atoms with Gasteiger partial charge in [-0.1, -0.05) is 30.1 Å². The van der Waals surface area contributed by atoms with Gasteiger partial charge in [0.2, 0.25) is 15.9 Å². The molecule has 1 aromatic carbocycles. The Morgan fingerprint density at radius 1 is 1.29 bits per heavy atom. The molecule has 0 spiro atoms. The Labute approximate surface area is 135 Å². The molecule has 1 N–H and O–H groups in total. The summed E-state index contributed by atoms with van der Waals surface area (Å²) in [6, 6.07) is 4.01. The third-order valence-corrected chi connectivity index (χ3v) is 5.31. The first-order valence-corrected chi connectivity index (χ1v) is 8.62. The summed E-state index contributed by atoms with van der Waals surface area (Å²) in [5.41, 5.74) is 0. The van der Waals surface area contributed by atoms with Crippen LogP contribution in [0.2, 0.25) is 10.0 Å². The topological polar surface area (TPSA) is 66.5 Å². The van der Waals surface area contributed by atoms with Crippen LogP contribution in [0.1, 0.15) is 20.8 Å². The highest BCUT2D eigenvalue weighted by molar-refractivity contribution is 7.89. The van der Waals surface area contributed by atoms with E-state index in [2.05, 4.69) is 5.32 Å². The minimum absolute atomic E-state index is 0.0103. The number of nitrogens with one attached hydrogen (secondary N) is 1. The summed E-state index contributed by atoms with van der Waals surface area (Å²) in [5.74, 6) is -0.351. The lowest BCUT2D eigenvalue weighted by Crippen LogP contribution is -2.42.